The van der Waals surface area contributed by atoms with E-state index in [-0.39, 0.29) is 29.6 Å². The molecule has 2 aromatic rings. The molecule has 1 N–H and O–H groups in total. The number of carbonyl (C=O) groups is 2. The maximum atomic E-state index is 12.9. The van der Waals surface area contributed by atoms with Crippen LogP contribution in [0.25, 0.3) is 0 Å². The quantitative estimate of drug-likeness (QED) is 0.821. The first-order valence-corrected chi connectivity index (χ1v) is 9.96. The number of fused-ring (bicyclic) bond motifs is 1. The smallest absolute Gasteiger partial charge is 0.248 e. The summed E-state index contributed by atoms with van der Waals surface area (Å²) in [7, 11) is 0. The summed E-state index contributed by atoms with van der Waals surface area (Å²) in [6.07, 6.45) is 2.53. The molecule has 0 fully saturated rings. The second-order valence-electron chi connectivity index (χ2n) is 8.62. The fraction of sp³-hybridized carbons (Fsp3) is 0.619. The van der Waals surface area contributed by atoms with Gasteiger partial charge in [0.25, 0.3) is 0 Å². The lowest BCUT2D eigenvalue weighted by Gasteiger charge is -2.30. The van der Waals surface area contributed by atoms with Crippen molar-refractivity contribution in [3.05, 3.63) is 34.2 Å². The van der Waals surface area contributed by atoms with Crippen molar-refractivity contribution in [1.29, 1.82) is 0 Å². The Morgan fingerprint density at radius 3 is 2.64 bits per heavy atom. The summed E-state index contributed by atoms with van der Waals surface area (Å²) in [6.45, 7) is 12.8. The maximum Gasteiger partial charge on any atom is 0.248 e. The van der Waals surface area contributed by atoms with Gasteiger partial charge in [0.2, 0.25) is 11.8 Å². The standard InChI is InChI=1S/C21H30N4O3/c1-7-8-25-13(3)15(19-16(25)10-21(5,6)11-17(19)26)9-18(27)22-12(2)20-23-14(4)24-28-20/h12H,7-11H2,1-6H3,(H,22,27). The van der Waals surface area contributed by atoms with E-state index in [0.717, 1.165) is 41.9 Å². The molecule has 1 unspecified atom stereocenters. The highest BCUT2D eigenvalue weighted by atomic mass is 16.5. The second-order valence-corrected chi connectivity index (χ2v) is 8.62. The van der Waals surface area contributed by atoms with Gasteiger partial charge in [-0.1, -0.05) is 25.9 Å². The molecule has 1 aliphatic rings. The van der Waals surface area contributed by atoms with Gasteiger partial charge in [-0.3, -0.25) is 9.59 Å². The molecule has 2 aromatic heterocycles. The summed E-state index contributed by atoms with van der Waals surface area (Å²) in [5, 5.41) is 6.67. The number of Topliss-reactive ketones (excluding diaryl/α,β-unsaturated/α-hetero) is 1. The number of amides is 1. The molecule has 28 heavy (non-hydrogen) atoms. The van der Waals surface area contributed by atoms with Crippen molar-refractivity contribution in [2.24, 2.45) is 5.41 Å². The SMILES string of the molecule is CCCn1c(C)c(CC(=O)NC(C)c2nc(C)no2)c2c1CC(C)(C)CC2=O. The number of nitrogens with zero attached hydrogens (tertiary/aromatic N) is 3. The first-order chi connectivity index (χ1) is 13.1. The fourth-order valence-corrected chi connectivity index (χ4v) is 4.15. The van der Waals surface area contributed by atoms with Crippen molar-refractivity contribution in [3.8, 4) is 0 Å². The van der Waals surface area contributed by atoms with Crippen LogP contribution in [0.3, 0.4) is 0 Å². The average Bonchev–Trinajstić information content (AvgIpc) is 3.12. The van der Waals surface area contributed by atoms with E-state index in [1.165, 1.54) is 0 Å². The first kappa shape index (κ1) is 20.3. The molecule has 2 heterocycles. The largest absolute Gasteiger partial charge is 0.348 e. The predicted octanol–water partition coefficient (Wildman–Crippen LogP) is 3.47. The first-order valence-electron chi connectivity index (χ1n) is 9.96. The molecule has 0 aromatic carbocycles. The lowest BCUT2D eigenvalue weighted by Crippen LogP contribution is -2.30. The van der Waals surface area contributed by atoms with Crippen molar-refractivity contribution in [2.45, 2.75) is 79.8 Å². The van der Waals surface area contributed by atoms with Crippen molar-refractivity contribution in [2.75, 3.05) is 0 Å². The van der Waals surface area contributed by atoms with Gasteiger partial charge in [0.15, 0.2) is 11.6 Å². The van der Waals surface area contributed by atoms with Crippen LogP contribution >= 0.6 is 0 Å². The third-order valence-corrected chi connectivity index (χ3v) is 5.40. The molecule has 1 amide bonds. The minimum atomic E-state index is -0.378. The monoisotopic (exact) mass is 386 g/mol. The number of hydrogen-bond acceptors (Lipinski definition) is 5. The lowest BCUT2D eigenvalue weighted by molar-refractivity contribution is -0.121. The number of aryl methyl sites for hydroxylation is 1. The summed E-state index contributed by atoms with van der Waals surface area (Å²) >= 11 is 0. The van der Waals surface area contributed by atoms with E-state index in [2.05, 4.69) is 40.8 Å². The Morgan fingerprint density at radius 2 is 2.04 bits per heavy atom. The molecule has 0 spiro atoms. The van der Waals surface area contributed by atoms with Gasteiger partial charge >= 0.3 is 0 Å². The Bertz CT molecular complexity index is 907. The van der Waals surface area contributed by atoms with Gasteiger partial charge in [0.05, 0.1) is 6.42 Å². The molecule has 3 rings (SSSR count). The van der Waals surface area contributed by atoms with Crippen LogP contribution in [0.5, 0.6) is 0 Å². The zero-order valence-corrected chi connectivity index (χ0v) is 17.7. The minimum absolute atomic E-state index is 0.0514. The van der Waals surface area contributed by atoms with Crippen LogP contribution in [0.2, 0.25) is 0 Å². The van der Waals surface area contributed by atoms with Gasteiger partial charge in [-0.2, -0.15) is 4.98 Å². The van der Waals surface area contributed by atoms with E-state index in [1.54, 1.807) is 6.92 Å². The third kappa shape index (κ3) is 3.88. The van der Waals surface area contributed by atoms with Crippen LogP contribution < -0.4 is 5.32 Å². The number of aromatic nitrogens is 3. The molecule has 7 nitrogen and oxygen atoms in total. The summed E-state index contributed by atoms with van der Waals surface area (Å²) < 4.78 is 7.37. The highest BCUT2D eigenvalue weighted by molar-refractivity contribution is 6.01. The second kappa shape index (κ2) is 7.53. The Labute approximate surface area is 165 Å². The molecule has 0 aliphatic heterocycles. The Morgan fingerprint density at radius 1 is 1.32 bits per heavy atom. The Kier molecular flexibility index (Phi) is 5.46. The summed E-state index contributed by atoms with van der Waals surface area (Å²) in [4.78, 5) is 29.8. The molecule has 0 radical (unpaired) electrons. The van der Waals surface area contributed by atoms with Crippen LogP contribution in [0.1, 0.15) is 85.6 Å². The number of rotatable bonds is 6. The molecular weight excluding hydrogens is 356 g/mol. The molecule has 1 atom stereocenters. The topological polar surface area (TPSA) is 90.0 Å². The minimum Gasteiger partial charge on any atom is -0.348 e. The van der Waals surface area contributed by atoms with Crippen molar-refractivity contribution >= 4 is 11.7 Å². The van der Waals surface area contributed by atoms with Crippen molar-refractivity contribution < 1.29 is 14.1 Å². The molecule has 1 aliphatic carbocycles. The number of hydrogen-bond donors (Lipinski definition) is 1. The molecule has 0 saturated carbocycles. The number of nitrogens with one attached hydrogen (secondary N) is 1. The van der Waals surface area contributed by atoms with E-state index >= 15 is 0 Å². The Balaban J connectivity index is 1.87. The van der Waals surface area contributed by atoms with Gasteiger partial charge < -0.3 is 14.4 Å². The van der Waals surface area contributed by atoms with Crippen molar-refractivity contribution in [3.63, 3.8) is 0 Å². The van der Waals surface area contributed by atoms with Crippen LogP contribution in [-0.2, 0) is 24.2 Å². The van der Waals surface area contributed by atoms with Crippen LogP contribution in [0.15, 0.2) is 4.52 Å². The summed E-state index contributed by atoms with van der Waals surface area (Å²) in [6, 6.07) is -0.378. The van der Waals surface area contributed by atoms with Gasteiger partial charge in [0, 0.05) is 29.9 Å². The fourth-order valence-electron chi connectivity index (χ4n) is 4.15. The zero-order chi connectivity index (χ0) is 20.6. The summed E-state index contributed by atoms with van der Waals surface area (Å²) in [5.41, 5.74) is 3.68. The molecule has 0 bridgehead atoms. The zero-order valence-electron chi connectivity index (χ0n) is 17.7. The van der Waals surface area contributed by atoms with Gasteiger partial charge in [0.1, 0.15) is 6.04 Å². The van der Waals surface area contributed by atoms with Gasteiger partial charge in [-0.25, -0.2) is 0 Å². The van der Waals surface area contributed by atoms with Gasteiger partial charge in [-0.05, 0) is 44.6 Å². The third-order valence-electron chi connectivity index (χ3n) is 5.40. The highest BCUT2D eigenvalue weighted by Gasteiger charge is 2.37. The van der Waals surface area contributed by atoms with E-state index in [4.69, 9.17) is 4.52 Å². The van der Waals surface area contributed by atoms with E-state index in [1.807, 2.05) is 13.8 Å². The van der Waals surface area contributed by atoms with Crippen LogP contribution in [-0.4, -0.2) is 26.4 Å². The normalized spacial score (nSPS) is 16.7. The average molecular weight is 386 g/mol. The van der Waals surface area contributed by atoms with E-state index < -0.39 is 0 Å². The molecule has 7 heteroatoms. The van der Waals surface area contributed by atoms with E-state index in [9.17, 15) is 9.59 Å². The van der Waals surface area contributed by atoms with Crippen LogP contribution in [0.4, 0.5) is 0 Å². The lowest BCUT2D eigenvalue weighted by atomic mass is 9.75. The highest BCUT2D eigenvalue weighted by Crippen LogP contribution is 2.39. The molecule has 0 saturated heterocycles. The predicted molar refractivity (Wildman–Crippen MR) is 105 cm³/mol. The van der Waals surface area contributed by atoms with E-state index in [0.29, 0.717) is 18.1 Å². The Hall–Kier alpha value is -2.44. The van der Waals surface area contributed by atoms with Crippen molar-refractivity contribution in [1.82, 2.24) is 20.0 Å². The summed E-state index contributed by atoms with van der Waals surface area (Å²) in [5.74, 6) is 0.907. The number of ketones is 1. The van der Waals surface area contributed by atoms with Crippen LogP contribution in [0, 0.1) is 19.3 Å². The van der Waals surface area contributed by atoms with Gasteiger partial charge in [-0.15, -0.1) is 0 Å². The maximum absolute atomic E-state index is 12.9. The molecular formula is C21H30N4O3. The number of carbonyl (C=O) groups excluding carboxylic acids is 2. The molecule has 152 valence electrons.